The Kier molecular flexibility index (Phi) is 4.06. The average molecular weight is 337 g/mol. The number of nitrogens with one attached hydrogen (secondary N) is 1. The molecule has 2 unspecified atom stereocenters. The minimum absolute atomic E-state index is 0.0742. The Hall–Kier alpha value is -2.59. The van der Waals surface area contributed by atoms with Gasteiger partial charge in [-0.3, -0.25) is 4.79 Å². The summed E-state index contributed by atoms with van der Waals surface area (Å²) in [6.45, 7) is 0. The van der Waals surface area contributed by atoms with Gasteiger partial charge in [0, 0.05) is 34.4 Å². The number of hydrogen-bond acceptors (Lipinski definition) is 2. The molecule has 2 aromatic carbocycles. The van der Waals surface area contributed by atoms with Crippen molar-refractivity contribution in [3.05, 3.63) is 82.4 Å². The standard InChI is InChI=1S/C21H17F2NO/c22-17-7-3-1-5-13(17)11-15-19-9-10-20(24-19)16(21(15)25)12-14-6-2-4-8-18(14)23/h1-8,11-12,19-20,24H,9-10H2. The Morgan fingerprint density at radius 3 is 1.68 bits per heavy atom. The van der Waals surface area contributed by atoms with Gasteiger partial charge in [0.25, 0.3) is 0 Å². The lowest BCUT2D eigenvalue weighted by Gasteiger charge is -2.26. The molecule has 2 fully saturated rings. The van der Waals surface area contributed by atoms with Crippen molar-refractivity contribution in [3.63, 3.8) is 0 Å². The monoisotopic (exact) mass is 337 g/mol. The maximum absolute atomic E-state index is 14.0. The summed E-state index contributed by atoms with van der Waals surface area (Å²) in [4.78, 5) is 13.0. The fourth-order valence-electron chi connectivity index (χ4n) is 3.57. The summed E-state index contributed by atoms with van der Waals surface area (Å²) in [5.74, 6) is -0.845. The predicted octanol–water partition coefficient (Wildman–Crippen LogP) is 4.14. The van der Waals surface area contributed by atoms with Gasteiger partial charge < -0.3 is 5.32 Å². The summed E-state index contributed by atoms with van der Waals surface area (Å²) in [5.41, 5.74) is 1.87. The minimum atomic E-state index is -0.359. The molecule has 2 heterocycles. The zero-order valence-electron chi connectivity index (χ0n) is 13.5. The first-order valence-electron chi connectivity index (χ1n) is 8.36. The van der Waals surface area contributed by atoms with Gasteiger partial charge in [-0.1, -0.05) is 36.4 Å². The molecule has 0 radical (unpaired) electrons. The van der Waals surface area contributed by atoms with Gasteiger partial charge in [0.15, 0.2) is 5.78 Å². The third-order valence-electron chi connectivity index (χ3n) is 4.85. The van der Waals surface area contributed by atoms with E-state index in [4.69, 9.17) is 0 Å². The molecule has 0 amide bonds. The number of benzene rings is 2. The van der Waals surface area contributed by atoms with E-state index in [-0.39, 0.29) is 29.5 Å². The van der Waals surface area contributed by atoms with Gasteiger partial charge >= 0.3 is 0 Å². The SMILES string of the molecule is O=C1C(=Cc2ccccc2F)C2CCC(N2)C1=Cc1ccccc1F. The van der Waals surface area contributed by atoms with Crippen LogP contribution in [0, 0.1) is 11.6 Å². The molecule has 1 N–H and O–H groups in total. The van der Waals surface area contributed by atoms with E-state index in [0.717, 1.165) is 12.8 Å². The molecule has 2 aliphatic rings. The molecule has 25 heavy (non-hydrogen) atoms. The van der Waals surface area contributed by atoms with Crippen LogP contribution in [-0.2, 0) is 4.79 Å². The minimum Gasteiger partial charge on any atom is -0.303 e. The molecule has 2 aliphatic heterocycles. The second-order valence-electron chi connectivity index (χ2n) is 6.42. The average Bonchev–Trinajstić information content (AvgIpc) is 3.05. The Morgan fingerprint density at radius 1 is 0.800 bits per heavy atom. The molecule has 2 nitrogen and oxygen atoms in total. The zero-order chi connectivity index (χ0) is 17.4. The van der Waals surface area contributed by atoms with Crippen molar-refractivity contribution >= 4 is 17.9 Å². The van der Waals surface area contributed by atoms with Crippen LogP contribution in [0.1, 0.15) is 24.0 Å². The number of halogens is 2. The summed E-state index contributed by atoms with van der Waals surface area (Å²) in [6.07, 6.45) is 4.86. The fourth-order valence-corrected chi connectivity index (χ4v) is 3.57. The highest BCUT2D eigenvalue weighted by Gasteiger charge is 2.40. The summed E-state index contributed by atoms with van der Waals surface area (Å²) < 4.78 is 27.9. The van der Waals surface area contributed by atoms with Crippen molar-refractivity contribution in [2.75, 3.05) is 0 Å². The highest BCUT2D eigenvalue weighted by Crippen LogP contribution is 2.34. The molecule has 2 saturated heterocycles. The number of carbonyl (C=O) groups excluding carboxylic acids is 1. The van der Waals surface area contributed by atoms with Gasteiger partial charge in [0.1, 0.15) is 11.6 Å². The van der Waals surface area contributed by atoms with Crippen LogP contribution in [0.15, 0.2) is 59.7 Å². The first-order valence-corrected chi connectivity index (χ1v) is 8.36. The fraction of sp³-hybridized carbons (Fsp3) is 0.190. The molecule has 0 aromatic heterocycles. The van der Waals surface area contributed by atoms with E-state index in [9.17, 15) is 13.6 Å². The lowest BCUT2D eigenvalue weighted by molar-refractivity contribution is -0.113. The summed E-state index contributed by atoms with van der Waals surface area (Å²) in [5, 5.41) is 3.40. The number of carbonyl (C=O) groups is 1. The largest absolute Gasteiger partial charge is 0.303 e. The molecule has 126 valence electrons. The van der Waals surface area contributed by atoms with Gasteiger partial charge in [-0.2, -0.15) is 0 Å². The lowest BCUT2D eigenvalue weighted by atomic mass is 9.89. The number of fused-ring (bicyclic) bond motifs is 2. The van der Waals surface area contributed by atoms with Crippen LogP contribution in [0.2, 0.25) is 0 Å². The number of rotatable bonds is 2. The van der Waals surface area contributed by atoms with Crippen molar-refractivity contribution in [2.45, 2.75) is 24.9 Å². The lowest BCUT2D eigenvalue weighted by Crippen LogP contribution is -2.42. The van der Waals surface area contributed by atoms with Crippen molar-refractivity contribution < 1.29 is 13.6 Å². The molecule has 0 aliphatic carbocycles. The maximum Gasteiger partial charge on any atom is 0.188 e. The number of ketones is 1. The van der Waals surface area contributed by atoms with Gasteiger partial charge in [-0.05, 0) is 37.1 Å². The van der Waals surface area contributed by atoms with Crippen LogP contribution < -0.4 is 5.32 Å². The Bertz CT molecular complexity index is 829. The van der Waals surface area contributed by atoms with E-state index in [1.807, 2.05) is 0 Å². The quantitative estimate of drug-likeness (QED) is 0.835. The molecule has 4 rings (SSSR count). The second-order valence-corrected chi connectivity index (χ2v) is 6.42. The van der Waals surface area contributed by atoms with E-state index in [1.54, 1.807) is 48.6 Å². The van der Waals surface area contributed by atoms with E-state index >= 15 is 0 Å². The van der Waals surface area contributed by atoms with Crippen LogP contribution in [-0.4, -0.2) is 17.9 Å². The number of hydrogen-bond donors (Lipinski definition) is 1. The van der Waals surface area contributed by atoms with Crippen LogP contribution in [0.4, 0.5) is 8.78 Å². The molecule has 0 spiro atoms. The van der Waals surface area contributed by atoms with E-state index in [0.29, 0.717) is 22.3 Å². The molecule has 2 aromatic rings. The van der Waals surface area contributed by atoms with E-state index < -0.39 is 0 Å². The van der Waals surface area contributed by atoms with Crippen molar-refractivity contribution in [2.24, 2.45) is 0 Å². The van der Waals surface area contributed by atoms with Crippen LogP contribution in [0.5, 0.6) is 0 Å². The van der Waals surface area contributed by atoms with Crippen molar-refractivity contribution in [3.8, 4) is 0 Å². The summed E-state index contributed by atoms with van der Waals surface area (Å²) in [7, 11) is 0. The zero-order valence-corrected chi connectivity index (χ0v) is 13.5. The second kappa shape index (κ2) is 6.37. The highest BCUT2D eigenvalue weighted by atomic mass is 19.1. The van der Waals surface area contributed by atoms with Gasteiger partial charge in [-0.15, -0.1) is 0 Å². The molecule has 0 saturated carbocycles. The Balaban J connectivity index is 1.77. The first kappa shape index (κ1) is 15.9. The third-order valence-corrected chi connectivity index (χ3v) is 4.85. The predicted molar refractivity (Wildman–Crippen MR) is 93.7 cm³/mol. The molecule has 2 atom stereocenters. The molecular formula is C21H17F2NO. The van der Waals surface area contributed by atoms with Crippen LogP contribution >= 0.6 is 0 Å². The van der Waals surface area contributed by atoms with E-state index in [2.05, 4.69) is 5.32 Å². The van der Waals surface area contributed by atoms with Crippen molar-refractivity contribution in [1.82, 2.24) is 5.32 Å². The van der Waals surface area contributed by atoms with Crippen LogP contribution in [0.25, 0.3) is 12.2 Å². The maximum atomic E-state index is 14.0. The molecule has 2 bridgehead atoms. The number of piperidine rings is 1. The molecular weight excluding hydrogens is 320 g/mol. The van der Waals surface area contributed by atoms with Crippen LogP contribution in [0.3, 0.4) is 0 Å². The Labute approximate surface area is 144 Å². The Morgan fingerprint density at radius 2 is 1.24 bits per heavy atom. The van der Waals surface area contributed by atoms with Crippen molar-refractivity contribution in [1.29, 1.82) is 0 Å². The van der Waals surface area contributed by atoms with Gasteiger partial charge in [0.05, 0.1) is 0 Å². The molecule has 4 heteroatoms. The summed E-state index contributed by atoms with van der Waals surface area (Å²) in [6, 6.07) is 12.6. The highest BCUT2D eigenvalue weighted by molar-refractivity contribution is 6.16. The van der Waals surface area contributed by atoms with Gasteiger partial charge in [-0.25, -0.2) is 8.78 Å². The number of Topliss-reactive ketones (excluding diaryl/α,β-unsaturated/α-hetero) is 1. The summed E-state index contributed by atoms with van der Waals surface area (Å²) >= 11 is 0. The topological polar surface area (TPSA) is 29.1 Å². The smallest absolute Gasteiger partial charge is 0.188 e. The first-order chi connectivity index (χ1) is 12.1. The van der Waals surface area contributed by atoms with Gasteiger partial charge in [0.2, 0.25) is 0 Å². The normalized spacial score (nSPS) is 25.8. The third kappa shape index (κ3) is 2.94. The van der Waals surface area contributed by atoms with E-state index in [1.165, 1.54) is 12.1 Å².